The number of amides is 2. The molecule has 0 saturated carbocycles. The first-order chi connectivity index (χ1) is 10.9. The minimum atomic E-state index is -2.04. The fourth-order valence-corrected chi connectivity index (χ4v) is 2.89. The van der Waals surface area contributed by atoms with Crippen LogP contribution in [0, 0.1) is 0 Å². The number of benzene rings is 1. The first kappa shape index (κ1) is 16.7. The standard InChI is InChI=1S/C16H17NO6/c1-3-8-17-13(20)10-6-4-5-7-11(10)16(14(17)21,9-12(18)19)15(22)23-2/h4-7H,3,8-9H2,1-2H3,(H,18,19). The third kappa shape index (κ3) is 2.48. The van der Waals surface area contributed by atoms with E-state index in [9.17, 15) is 24.3 Å². The lowest BCUT2D eigenvalue weighted by atomic mass is 9.71. The number of ether oxygens (including phenoxy) is 1. The maximum atomic E-state index is 12.9. The van der Waals surface area contributed by atoms with Crippen LogP contribution in [-0.2, 0) is 24.5 Å². The first-order valence-electron chi connectivity index (χ1n) is 7.16. The molecule has 0 spiro atoms. The van der Waals surface area contributed by atoms with Crippen LogP contribution in [0.25, 0.3) is 0 Å². The lowest BCUT2D eigenvalue weighted by Crippen LogP contribution is -2.59. The number of carboxylic acids is 1. The summed E-state index contributed by atoms with van der Waals surface area (Å²) in [7, 11) is 1.09. The highest BCUT2D eigenvalue weighted by Crippen LogP contribution is 2.39. The number of nitrogens with zero attached hydrogens (tertiary/aromatic N) is 1. The summed E-state index contributed by atoms with van der Waals surface area (Å²) in [5, 5.41) is 9.24. The van der Waals surface area contributed by atoms with E-state index in [-0.39, 0.29) is 17.7 Å². The Morgan fingerprint density at radius 2 is 1.91 bits per heavy atom. The summed E-state index contributed by atoms with van der Waals surface area (Å²) in [6, 6.07) is 6.05. The second-order valence-corrected chi connectivity index (χ2v) is 5.27. The van der Waals surface area contributed by atoms with Gasteiger partial charge in [0.25, 0.3) is 11.8 Å². The second-order valence-electron chi connectivity index (χ2n) is 5.27. The minimum absolute atomic E-state index is 0.0802. The Hall–Kier alpha value is -2.70. The summed E-state index contributed by atoms with van der Waals surface area (Å²) in [5.41, 5.74) is -1.82. The summed E-state index contributed by atoms with van der Waals surface area (Å²) in [5.74, 6) is -3.69. The third-order valence-electron chi connectivity index (χ3n) is 3.87. The SMILES string of the molecule is CCCN1C(=O)c2ccccc2C(CC(=O)O)(C(=O)OC)C1=O. The van der Waals surface area contributed by atoms with E-state index in [1.165, 1.54) is 12.1 Å². The molecule has 1 aliphatic rings. The zero-order valence-corrected chi connectivity index (χ0v) is 12.9. The number of methoxy groups -OCH3 is 1. The Morgan fingerprint density at radius 3 is 2.48 bits per heavy atom. The predicted molar refractivity (Wildman–Crippen MR) is 78.7 cm³/mol. The maximum absolute atomic E-state index is 12.9. The van der Waals surface area contributed by atoms with E-state index in [0.717, 1.165) is 12.0 Å². The molecule has 122 valence electrons. The van der Waals surface area contributed by atoms with E-state index in [2.05, 4.69) is 0 Å². The zero-order chi connectivity index (χ0) is 17.2. The summed E-state index contributed by atoms with van der Waals surface area (Å²) in [4.78, 5) is 50.1. The van der Waals surface area contributed by atoms with Crippen molar-refractivity contribution >= 4 is 23.8 Å². The number of carbonyl (C=O) groups is 4. The average Bonchev–Trinajstić information content (AvgIpc) is 2.54. The maximum Gasteiger partial charge on any atom is 0.326 e. The van der Waals surface area contributed by atoms with Crippen LogP contribution in [0.2, 0.25) is 0 Å². The highest BCUT2D eigenvalue weighted by Gasteiger charge is 2.57. The topological polar surface area (TPSA) is 101 Å². The number of esters is 1. The van der Waals surface area contributed by atoms with Gasteiger partial charge in [0.1, 0.15) is 0 Å². The number of aliphatic carboxylic acids is 1. The van der Waals surface area contributed by atoms with Gasteiger partial charge in [-0.3, -0.25) is 24.1 Å². The molecule has 1 aliphatic heterocycles. The van der Waals surface area contributed by atoms with Gasteiger partial charge in [-0.1, -0.05) is 25.1 Å². The Morgan fingerprint density at radius 1 is 1.26 bits per heavy atom. The van der Waals surface area contributed by atoms with Crippen LogP contribution in [0.5, 0.6) is 0 Å². The normalized spacial score (nSPS) is 20.2. The number of hydrogen-bond donors (Lipinski definition) is 1. The van der Waals surface area contributed by atoms with Gasteiger partial charge < -0.3 is 9.84 Å². The smallest absolute Gasteiger partial charge is 0.326 e. The molecule has 1 heterocycles. The van der Waals surface area contributed by atoms with Gasteiger partial charge in [0, 0.05) is 12.1 Å². The molecule has 0 aliphatic carbocycles. The Labute approximate surface area is 132 Å². The van der Waals surface area contributed by atoms with E-state index < -0.39 is 35.6 Å². The summed E-state index contributed by atoms with van der Waals surface area (Å²) in [6.45, 7) is 1.88. The molecule has 0 fully saturated rings. The highest BCUT2D eigenvalue weighted by atomic mass is 16.5. The molecular weight excluding hydrogens is 302 g/mol. The number of hydrogen-bond acceptors (Lipinski definition) is 5. The molecule has 0 bridgehead atoms. The van der Waals surface area contributed by atoms with Crippen molar-refractivity contribution in [2.45, 2.75) is 25.2 Å². The quantitative estimate of drug-likeness (QED) is 0.493. The van der Waals surface area contributed by atoms with Crippen LogP contribution in [0.1, 0.15) is 35.7 Å². The van der Waals surface area contributed by atoms with Crippen molar-refractivity contribution in [1.82, 2.24) is 4.90 Å². The van der Waals surface area contributed by atoms with Gasteiger partial charge in [-0.05, 0) is 18.1 Å². The monoisotopic (exact) mass is 319 g/mol. The summed E-state index contributed by atoms with van der Waals surface area (Å²) in [6.07, 6.45) is -0.285. The minimum Gasteiger partial charge on any atom is -0.481 e. The fraction of sp³-hybridized carbons (Fsp3) is 0.375. The van der Waals surface area contributed by atoms with Gasteiger partial charge in [0.15, 0.2) is 5.41 Å². The van der Waals surface area contributed by atoms with Crippen molar-refractivity contribution in [3.8, 4) is 0 Å². The molecule has 1 unspecified atom stereocenters. The van der Waals surface area contributed by atoms with Gasteiger partial charge in [-0.25, -0.2) is 0 Å². The third-order valence-corrected chi connectivity index (χ3v) is 3.87. The number of fused-ring (bicyclic) bond motifs is 1. The zero-order valence-electron chi connectivity index (χ0n) is 12.9. The summed E-state index contributed by atoms with van der Waals surface area (Å²) < 4.78 is 4.72. The first-order valence-corrected chi connectivity index (χ1v) is 7.16. The number of carbonyl (C=O) groups excluding carboxylic acids is 3. The average molecular weight is 319 g/mol. The molecule has 0 aromatic heterocycles. The van der Waals surface area contributed by atoms with Gasteiger partial charge in [-0.2, -0.15) is 0 Å². The largest absolute Gasteiger partial charge is 0.481 e. The van der Waals surface area contributed by atoms with Crippen molar-refractivity contribution in [1.29, 1.82) is 0 Å². The lowest BCUT2D eigenvalue weighted by Gasteiger charge is -2.38. The van der Waals surface area contributed by atoms with Gasteiger partial charge in [-0.15, -0.1) is 0 Å². The molecule has 7 heteroatoms. The van der Waals surface area contributed by atoms with Crippen molar-refractivity contribution in [2.24, 2.45) is 0 Å². The van der Waals surface area contributed by atoms with Crippen molar-refractivity contribution in [2.75, 3.05) is 13.7 Å². The molecule has 0 saturated heterocycles. The van der Waals surface area contributed by atoms with E-state index in [1.807, 2.05) is 0 Å². The molecule has 23 heavy (non-hydrogen) atoms. The summed E-state index contributed by atoms with van der Waals surface area (Å²) >= 11 is 0. The van der Waals surface area contributed by atoms with E-state index in [4.69, 9.17) is 4.74 Å². The van der Waals surface area contributed by atoms with Crippen molar-refractivity contribution in [3.63, 3.8) is 0 Å². The molecule has 2 rings (SSSR count). The number of rotatable bonds is 5. The Bertz CT molecular complexity index is 683. The van der Waals surface area contributed by atoms with Crippen LogP contribution < -0.4 is 0 Å². The van der Waals surface area contributed by atoms with E-state index >= 15 is 0 Å². The molecule has 1 aromatic rings. The fourth-order valence-electron chi connectivity index (χ4n) is 2.89. The molecule has 7 nitrogen and oxygen atoms in total. The lowest BCUT2D eigenvalue weighted by molar-refractivity contribution is -0.161. The van der Waals surface area contributed by atoms with E-state index in [0.29, 0.717) is 6.42 Å². The van der Waals surface area contributed by atoms with E-state index in [1.54, 1.807) is 19.1 Å². The molecular formula is C16H17NO6. The van der Waals surface area contributed by atoms with Crippen LogP contribution in [0.3, 0.4) is 0 Å². The predicted octanol–water partition coefficient (Wildman–Crippen LogP) is 0.964. The second kappa shape index (κ2) is 6.20. The highest BCUT2D eigenvalue weighted by molar-refractivity contribution is 6.22. The van der Waals surface area contributed by atoms with Crippen LogP contribution in [0.4, 0.5) is 0 Å². The number of carboxylic acid groups (broad SMARTS) is 1. The molecule has 1 atom stereocenters. The molecule has 2 amide bonds. The Kier molecular flexibility index (Phi) is 4.49. The number of imide groups is 1. The van der Waals surface area contributed by atoms with Crippen molar-refractivity contribution in [3.05, 3.63) is 35.4 Å². The Balaban J connectivity index is 2.77. The van der Waals surface area contributed by atoms with Crippen molar-refractivity contribution < 1.29 is 29.0 Å². The van der Waals surface area contributed by atoms with Gasteiger partial charge in [0.05, 0.1) is 13.5 Å². The van der Waals surface area contributed by atoms with Gasteiger partial charge in [0.2, 0.25) is 0 Å². The molecule has 0 radical (unpaired) electrons. The van der Waals surface area contributed by atoms with Crippen LogP contribution >= 0.6 is 0 Å². The van der Waals surface area contributed by atoms with Crippen LogP contribution in [0.15, 0.2) is 24.3 Å². The van der Waals surface area contributed by atoms with Crippen LogP contribution in [-0.4, -0.2) is 47.4 Å². The molecule has 1 N–H and O–H groups in total. The van der Waals surface area contributed by atoms with Gasteiger partial charge >= 0.3 is 11.9 Å². The molecule has 1 aromatic carbocycles.